The van der Waals surface area contributed by atoms with Crippen LogP contribution >= 0.6 is 24.0 Å². The van der Waals surface area contributed by atoms with Gasteiger partial charge >= 0.3 is 0 Å². The Morgan fingerprint density at radius 3 is 2.70 bits per heavy atom. The maximum Gasteiger partial charge on any atom is 0.193 e. The minimum absolute atomic E-state index is 0. The molecule has 2 aromatic rings. The summed E-state index contributed by atoms with van der Waals surface area (Å²) < 4.78 is 16.6. The van der Waals surface area contributed by atoms with Crippen LogP contribution in [-0.4, -0.2) is 32.4 Å². The first-order valence-corrected chi connectivity index (χ1v) is 8.69. The smallest absolute Gasteiger partial charge is 0.193 e. The molecule has 3 rings (SSSR count). The Morgan fingerprint density at radius 2 is 2.04 bits per heavy atom. The van der Waals surface area contributed by atoms with Crippen LogP contribution in [0.5, 0.6) is 11.5 Å². The topological polar surface area (TPSA) is 78.1 Å². The van der Waals surface area contributed by atoms with Gasteiger partial charge in [0.15, 0.2) is 5.96 Å². The van der Waals surface area contributed by atoms with Gasteiger partial charge in [0, 0.05) is 17.7 Å². The van der Waals surface area contributed by atoms with E-state index in [4.69, 9.17) is 19.9 Å². The number of aliphatic imine (C=N–C) groups is 1. The van der Waals surface area contributed by atoms with Crippen molar-refractivity contribution in [1.29, 1.82) is 0 Å². The van der Waals surface area contributed by atoms with Crippen LogP contribution in [0.25, 0.3) is 0 Å². The zero-order valence-corrected chi connectivity index (χ0v) is 17.9. The summed E-state index contributed by atoms with van der Waals surface area (Å²) >= 11 is 0. The lowest BCUT2D eigenvalue weighted by Gasteiger charge is -2.16. The predicted molar refractivity (Wildman–Crippen MR) is 118 cm³/mol. The second-order valence-corrected chi connectivity index (χ2v) is 6.27. The standard InChI is InChI=1S/C20H25N3O3.HI/c1-14-3-4-15(19(11-14)26-18-9-10-25-13-18)12-22-20(21)23-16-5-7-17(24-2)8-6-16;/h3-8,11,18H,9-10,12-13H2,1-2H3,(H3,21,22,23);1H. The van der Waals surface area contributed by atoms with Crippen LogP contribution in [0, 0.1) is 6.92 Å². The number of nitrogens with two attached hydrogens (primary N) is 1. The number of aryl methyl sites for hydroxylation is 1. The highest BCUT2D eigenvalue weighted by Crippen LogP contribution is 2.24. The number of rotatable bonds is 6. The molecule has 1 fully saturated rings. The third kappa shape index (κ3) is 6.28. The van der Waals surface area contributed by atoms with E-state index in [1.165, 1.54) is 0 Å². The molecule has 6 nitrogen and oxygen atoms in total. The van der Waals surface area contributed by atoms with E-state index in [-0.39, 0.29) is 30.1 Å². The van der Waals surface area contributed by atoms with Crippen molar-refractivity contribution in [2.24, 2.45) is 10.7 Å². The van der Waals surface area contributed by atoms with Crippen LogP contribution < -0.4 is 20.5 Å². The van der Waals surface area contributed by atoms with Gasteiger partial charge in [-0.3, -0.25) is 0 Å². The van der Waals surface area contributed by atoms with E-state index < -0.39 is 0 Å². The van der Waals surface area contributed by atoms with Crippen LogP contribution in [0.15, 0.2) is 47.5 Å². The van der Waals surface area contributed by atoms with Crippen molar-refractivity contribution in [2.75, 3.05) is 25.6 Å². The van der Waals surface area contributed by atoms with E-state index in [2.05, 4.69) is 16.4 Å². The van der Waals surface area contributed by atoms with Gasteiger partial charge in [0.25, 0.3) is 0 Å². The predicted octanol–water partition coefficient (Wildman–Crippen LogP) is 3.72. The number of nitrogens with zero attached hydrogens (tertiary/aromatic N) is 1. The van der Waals surface area contributed by atoms with Gasteiger partial charge in [0.2, 0.25) is 0 Å². The molecule has 146 valence electrons. The van der Waals surface area contributed by atoms with E-state index in [1.54, 1.807) is 7.11 Å². The number of halogens is 1. The average molecular weight is 483 g/mol. The van der Waals surface area contributed by atoms with Gasteiger partial charge in [-0.15, -0.1) is 24.0 Å². The number of methoxy groups -OCH3 is 1. The van der Waals surface area contributed by atoms with Crippen molar-refractivity contribution in [3.05, 3.63) is 53.6 Å². The van der Waals surface area contributed by atoms with Crippen molar-refractivity contribution in [3.63, 3.8) is 0 Å². The second-order valence-electron chi connectivity index (χ2n) is 6.27. The molecule has 1 aliphatic rings. The highest BCUT2D eigenvalue weighted by molar-refractivity contribution is 14.0. The van der Waals surface area contributed by atoms with Crippen LogP contribution in [0.4, 0.5) is 5.69 Å². The third-order valence-electron chi connectivity index (χ3n) is 4.19. The molecule has 27 heavy (non-hydrogen) atoms. The lowest BCUT2D eigenvalue weighted by atomic mass is 10.1. The fourth-order valence-corrected chi connectivity index (χ4v) is 2.72. The molecule has 2 aromatic carbocycles. The molecule has 1 aliphatic heterocycles. The monoisotopic (exact) mass is 483 g/mol. The van der Waals surface area contributed by atoms with Gasteiger partial charge in [-0.05, 0) is 42.8 Å². The second kappa shape index (κ2) is 10.4. The Kier molecular flexibility index (Phi) is 8.18. The van der Waals surface area contributed by atoms with Crippen LogP contribution in [0.2, 0.25) is 0 Å². The number of hydrogen-bond donors (Lipinski definition) is 2. The fourth-order valence-electron chi connectivity index (χ4n) is 2.72. The van der Waals surface area contributed by atoms with Gasteiger partial charge in [0.1, 0.15) is 17.6 Å². The van der Waals surface area contributed by atoms with E-state index in [0.717, 1.165) is 41.3 Å². The summed E-state index contributed by atoms with van der Waals surface area (Å²) in [5.41, 5.74) is 9.02. The zero-order valence-electron chi connectivity index (χ0n) is 15.6. The molecule has 0 saturated carbocycles. The molecule has 0 bridgehead atoms. The number of hydrogen-bond acceptors (Lipinski definition) is 4. The number of guanidine groups is 1. The minimum atomic E-state index is 0. The molecule has 1 saturated heterocycles. The fraction of sp³-hybridized carbons (Fsp3) is 0.350. The Morgan fingerprint density at radius 1 is 1.26 bits per heavy atom. The minimum Gasteiger partial charge on any atom is -0.497 e. The number of ether oxygens (including phenoxy) is 3. The third-order valence-corrected chi connectivity index (χ3v) is 4.19. The highest BCUT2D eigenvalue weighted by atomic mass is 127. The van der Waals surface area contributed by atoms with Gasteiger partial charge < -0.3 is 25.3 Å². The lowest BCUT2D eigenvalue weighted by Crippen LogP contribution is -2.22. The first-order chi connectivity index (χ1) is 12.6. The van der Waals surface area contributed by atoms with Crippen molar-refractivity contribution < 1.29 is 14.2 Å². The molecule has 1 atom stereocenters. The van der Waals surface area contributed by atoms with Crippen molar-refractivity contribution >= 4 is 35.6 Å². The van der Waals surface area contributed by atoms with E-state index in [1.807, 2.05) is 43.3 Å². The maximum absolute atomic E-state index is 6.09. The molecule has 0 aliphatic carbocycles. The van der Waals surface area contributed by atoms with Crippen LogP contribution in [0.1, 0.15) is 17.5 Å². The normalized spacial score (nSPS) is 16.5. The molecule has 7 heteroatoms. The summed E-state index contributed by atoms with van der Waals surface area (Å²) in [5.74, 6) is 2.00. The van der Waals surface area contributed by atoms with Gasteiger partial charge in [-0.25, -0.2) is 4.99 Å². The Bertz CT molecular complexity index is 760. The molecule has 0 amide bonds. The van der Waals surface area contributed by atoms with E-state index in [0.29, 0.717) is 19.1 Å². The van der Waals surface area contributed by atoms with E-state index >= 15 is 0 Å². The molecule has 1 heterocycles. The van der Waals surface area contributed by atoms with Crippen LogP contribution in [-0.2, 0) is 11.3 Å². The van der Waals surface area contributed by atoms with Crippen molar-refractivity contribution in [1.82, 2.24) is 0 Å². The number of benzene rings is 2. The number of nitrogens with one attached hydrogen (secondary N) is 1. The van der Waals surface area contributed by atoms with E-state index in [9.17, 15) is 0 Å². The first kappa shape index (κ1) is 21.3. The molecule has 3 N–H and O–H groups in total. The summed E-state index contributed by atoms with van der Waals surface area (Å²) in [7, 11) is 1.64. The quantitative estimate of drug-likeness (QED) is 0.372. The summed E-state index contributed by atoms with van der Waals surface area (Å²) in [6.07, 6.45) is 1.02. The zero-order chi connectivity index (χ0) is 18.4. The maximum atomic E-state index is 6.09. The molecular weight excluding hydrogens is 457 g/mol. The average Bonchev–Trinajstić information content (AvgIpc) is 3.15. The molecule has 1 unspecified atom stereocenters. The largest absolute Gasteiger partial charge is 0.497 e. The van der Waals surface area contributed by atoms with Crippen LogP contribution in [0.3, 0.4) is 0 Å². The summed E-state index contributed by atoms with van der Waals surface area (Å²) in [6.45, 7) is 3.88. The summed E-state index contributed by atoms with van der Waals surface area (Å²) in [5, 5.41) is 3.08. The van der Waals surface area contributed by atoms with Crippen molar-refractivity contribution in [2.45, 2.75) is 26.0 Å². The Balaban J connectivity index is 0.00000261. The Hall–Kier alpha value is -2.00. The SMILES string of the molecule is COc1ccc(NC(N)=NCc2ccc(C)cc2OC2CCOC2)cc1.I. The lowest BCUT2D eigenvalue weighted by molar-refractivity contribution is 0.140. The Labute approximate surface area is 177 Å². The highest BCUT2D eigenvalue weighted by Gasteiger charge is 2.18. The van der Waals surface area contributed by atoms with Gasteiger partial charge in [-0.1, -0.05) is 12.1 Å². The number of anilines is 1. The summed E-state index contributed by atoms with van der Waals surface area (Å²) in [6, 6.07) is 13.6. The van der Waals surface area contributed by atoms with Crippen molar-refractivity contribution in [3.8, 4) is 11.5 Å². The molecule has 0 radical (unpaired) electrons. The molecule has 0 aromatic heterocycles. The van der Waals surface area contributed by atoms with Gasteiger partial charge in [-0.2, -0.15) is 0 Å². The summed E-state index contributed by atoms with van der Waals surface area (Å²) in [4.78, 5) is 4.44. The molecular formula is C20H26IN3O3. The van der Waals surface area contributed by atoms with Gasteiger partial charge in [0.05, 0.1) is 26.9 Å². The molecule has 0 spiro atoms. The first-order valence-electron chi connectivity index (χ1n) is 8.69.